The Kier molecular flexibility index (Phi) is 4.51. The van der Waals surface area contributed by atoms with Gasteiger partial charge in [-0.3, -0.25) is 0 Å². The molecule has 0 amide bonds. The highest BCUT2D eigenvalue weighted by molar-refractivity contribution is 7.94. The van der Waals surface area contributed by atoms with Crippen LogP contribution in [-0.4, -0.2) is 8.42 Å². The van der Waals surface area contributed by atoms with Crippen LogP contribution in [0.4, 0.5) is 5.69 Å². The third-order valence-electron chi connectivity index (χ3n) is 2.99. The van der Waals surface area contributed by atoms with Crippen LogP contribution >= 0.6 is 23.2 Å². The van der Waals surface area contributed by atoms with E-state index in [1.165, 1.54) is 12.1 Å². The van der Waals surface area contributed by atoms with Crippen LogP contribution in [0.25, 0.3) is 4.72 Å². The summed E-state index contributed by atoms with van der Waals surface area (Å²) in [5.41, 5.74) is 2.52. The van der Waals surface area contributed by atoms with Crippen molar-refractivity contribution in [3.63, 3.8) is 0 Å². The van der Waals surface area contributed by atoms with Crippen molar-refractivity contribution in [3.8, 4) is 0 Å². The van der Waals surface area contributed by atoms with E-state index in [4.69, 9.17) is 23.2 Å². The van der Waals surface area contributed by atoms with Crippen molar-refractivity contribution in [1.29, 1.82) is 0 Å². The van der Waals surface area contributed by atoms with E-state index in [1.807, 2.05) is 19.1 Å². The van der Waals surface area contributed by atoms with Gasteiger partial charge in [-0.1, -0.05) is 47.0 Å². The molecule has 0 aromatic heterocycles. The number of sulfonamides is 1. The maximum Gasteiger partial charge on any atom is 0.123 e. The van der Waals surface area contributed by atoms with Gasteiger partial charge in [0.2, 0.25) is 0 Å². The van der Waals surface area contributed by atoms with Crippen molar-refractivity contribution in [3.05, 3.63) is 61.8 Å². The number of nitrogens with zero attached hydrogens (tertiary/aromatic N) is 1. The highest BCUT2D eigenvalue weighted by Crippen LogP contribution is 2.37. The summed E-state index contributed by atoms with van der Waals surface area (Å²) in [7, 11) is -3.83. The Morgan fingerprint density at radius 3 is 2.05 bits per heavy atom. The van der Waals surface area contributed by atoms with Gasteiger partial charge >= 0.3 is 0 Å². The highest BCUT2D eigenvalue weighted by atomic mass is 35.5. The standard InChI is InChI=1S/C15H14Cl2NO2S/c1-9-6-10(2)15(11(3)7-9)21(19,20)18-14-5-4-12(16)8-13(14)17/h4-8H,1-3H3/q-1. The van der Waals surface area contributed by atoms with Crippen molar-refractivity contribution in [2.75, 3.05) is 0 Å². The van der Waals surface area contributed by atoms with Gasteiger partial charge in [0.25, 0.3) is 0 Å². The van der Waals surface area contributed by atoms with Crippen LogP contribution in [0.3, 0.4) is 0 Å². The molecule has 0 aliphatic heterocycles. The van der Waals surface area contributed by atoms with Crippen molar-refractivity contribution in [1.82, 2.24) is 0 Å². The molecular weight excluding hydrogens is 329 g/mol. The summed E-state index contributed by atoms with van der Waals surface area (Å²) in [5.74, 6) is 0. The predicted molar refractivity (Wildman–Crippen MR) is 87.3 cm³/mol. The summed E-state index contributed by atoms with van der Waals surface area (Å²) in [6.07, 6.45) is 0. The van der Waals surface area contributed by atoms with E-state index in [2.05, 4.69) is 4.72 Å². The highest BCUT2D eigenvalue weighted by Gasteiger charge is 2.13. The van der Waals surface area contributed by atoms with Gasteiger partial charge in [0.15, 0.2) is 0 Å². The van der Waals surface area contributed by atoms with E-state index in [1.54, 1.807) is 19.9 Å². The molecule has 0 atom stereocenters. The Labute approximate surface area is 135 Å². The van der Waals surface area contributed by atoms with Crippen LogP contribution in [0.15, 0.2) is 35.2 Å². The average molecular weight is 343 g/mol. The Bertz CT molecular complexity index is 778. The lowest BCUT2D eigenvalue weighted by atomic mass is 10.1. The molecule has 0 heterocycles. The third kappa shape index (κ3) is 3.51. The number of benzene rings is 2. The molecule has 21 heavy (non-hydrogen) atoms. The molecule has 2 aromatic carbocycles. The summed E-state index contributed by atoms with van der Waals surface area (Å²) >= 11 is 11.8. The van der Waals surface area contributed by atoms with Crippen molar-refractivity contribution >= 4 is 38.9 Å². The van der Waals surface area contributed by atoms with Crippen LogP contribution in [0, 0.1) is 20.8 Å². The molecule has 0 unspecified atom stereocenters. The second-order valence-corrected chi connectivity index (χ2v) is 7.27. The zero-order chi connectivity index (χ0) is 15.8. The SMILES string of the molecule is Cc1cc(C)c(S(=O)(=O)[N-]c2ccc(Cl)cc2Cl)c(C)c1. The minimum atomic E-state index is -3.83. The molecular formula is C15H14Cl2NO2S-. The van der Waals surface area contributed by atoms with Crippen LogP contribution in [0.5, 0.6) is 0 Å². The van der Waals surface area contributed by atoms with Crippen molar-refractivity contribution < 1.29 is 8.42 Å². The molecule has 6 heteroatoms. The van der Waals surface area contributed by atoms with Gasteiger partial charge in [-0.05, 0) is 44.0 Å². The fourth-order valence-corrected chi connectivity index (χ4v) is 4.25. The number of hydrogen-bond donors (Lipinski definition) is 0. The summed E-state index contributed by atoms with van der Waals surface area (Å²) < 4.78 is 28.9. The van der Waals surface area contributed by atoms with Crippen LogP contribution in [0.1, 0.15) is 16.7 Å². The van der Waals surface area contributed by atoms with E-state index in [-0.39, 0.29) is 15.6 Å². The first-order valence-electron chi connectivity index (χ1n) is 6.21. The lowest BCUT2D eigenvalue weighted by Gasteiger charge is -2.25. The molecule has 112 valence electrons. The summed E-state index contributed by atoms with van der Waals surface area (Å²) in [6.45, 7) is 5.43. The summed E-state index contributed by atoms with van der Waals surface area (Å²) in [4.78, 5) is 0.221. The van der Waals surface area contributed by atoms with E-state index in [0.717, 1.165) is 5.56 Å². The van der Waals surface area contributed by atoms with Gasteiger partial charge < -0.3 is 4.72 Å². The predicted octanol–water partition coefficient (Wildman–Crippen LogP) is 5.31. The third-order valence-corrected chi connectivity index (χ3v) is 5.13. The summed E-state index contributed by atoms with van der Waals surface area (Å²) in [5, 5.41) is 0.632. The van der Waals surface area contributed by atoms with E-state index < -0.39 is 10.0 Å². The largest absolute Gasteiger partial charge is 0.571 e. The van der Waals surface area contributed by atoms with Gasteiger partial charge in [-0.2, -0.15) is 0 Å². The normalized spacial score (nSPS) is 11.5. The van der Waals surface area contributed by atoms with Gasteiger partial charge in [-0.25, -0.2) is 8.42 Å². The first kappa shape index (κ1) is 16.1. The molecule has 2 rings (SSSR count). The monoisotopic (exact) mass is 342 g/mol. The fourth-order valence-electron chi connectivity index (χ4n) is 2.30. The molecule has 0 spiro atoms. The molecule has 0 N–H and O–H groups in total. The number of halogens is 2. The molecule has 0 fully saturated rings. The zero-order valence-corrected chi connectivity index (χ0v) is 14.1. The van der Waals surface area contributed by atoms with E-state index in [0.29, 0.717) is 16.1 Å². The lowest BCUT2D eigenvalue weighted by Crippen LogP contribution is -2.04. The van der Waals surface area contributed by atoms with Crippen LogP contribution in [0.2, 0.25) is 10.0 Å². The quantitative estimate of drug-likeness (QED) is 0.758. The van der Waals surface area contributed by atoms with Crippen LogP contribution in [-0.2, 0) is 10.0 Å². The number of rotatable bonds is 3. The molecule has 0 bridgehead atoms. The molecule has 3 nitrogen and oxygen atoms in total. The Morgan fingerprint density at radius 1 is 0.952 bits per heavy atom. The lowest BCUT2D eigenvalue weighted by molar-refractivity contribution is 0.602. The van der Waals surface area contributed by atoms with E-state index >= 15 is 0 Å². The van der Waals surface area contributed by atoms with Crippen LogP contribution < -0.4 is 0 Å². The van der Waals surface area contributed by atoms with Gasteiger partial charge in [0.1, 0.15) is 10.0 Å². The Balaban J connectivity index is 2.48. The van der Waals surface area contributed by atoms with Gasteiger partial charge in [0, 0.05) is 10.0 Å². The fraction of sp³-hybridized carbons (Fsp3) is 0.200. The molecule has 2 aromatic rings. The minimum Gasteiger partial charge on any atom is -0.571 e. The first-order chi connectivity index (χ1) is 9.70. The second kappa shape index (κ2) is 5.87. The maximum atomic E-state index is 12.5. The zero-order valence-electron chi connectivity index (χ0n) is 11.8. The topological polar surface area (TPSA) is 48.2 Å². The Hall–Kier alpha value is -1.23. The summed E-state index contributed by atoms with van der Waals surface area (Å²) in [6, 6.07) is 8.14. The van der Waals surface area contributed by atoms with Gasteiger partial charge in [-0.15, -0.1) is 5.69 Å². The van der Waals surface area contributed by atoms with Gasteiger partial charge in [0.05, 0.1) is 4.90 Å². The maximum absolute atomic E-state index is 12.5. The smallest absolute Gasteiger partial charge is 0.123 e. The number of hydrogen-bond acceptors (Lipinski definition) is 2. The second-order valence-electron chi connectivity index (χ2n) is 4.89. The number of aryl methyl sites for hydroxylation is 3. The van der Waals surface area contributed by atoms with Crippen molar-refractivity contribution in [2.45, 2.75) is 25.7 Å². The molecule has 0 saturated heterocycles. The molecule has 0 saturated carbocycles. The molecule has 0 aliphatic carbocycles. The van der Waals surface area contributed by atoms with E-state index in [9.17, 15) is 8.42 Å². The minimum absolute atomic E-state index is 0.181. The molecule has 0 aliphatic rings. The first-order valence-corrected chi connectivity index (χ1v) is 8.41. The Morgan fingerprint density at radius 2 is 1.52 bits per heavy atom. The molecule has 0 radical (unpaired) electrons. The van der Waals surface area contributed by atoms with Crippen molar-refractivity contribution in [2.24, 2.45) is 0 Å². The average Bonchev–Trinajstić information content (AvgIpc) is 2.30.